The monoisotopic (exact) mass is 706 g/mol. The first-order chi connectivity index (χ1) is 24.4. The number of carbonyl (C=O) groups is 3. The number of carboxylic acid groups (broad SMARTS) is 1. The van der Waals surface area contributed by atoms with Crippen LogP contribution in [0.1, 0.15) is 30.0 Å². The molecule has 1 saturated heterocycles. The highest BCUT2D eigenvalue weighted by Gasteiger charge is 2.48. The van der Waals surface area contributed by atoms with E-state index in [0.717, 1.165) is 16.2 Å². The first-order valence-electron chi connectivity index (χ1n) is 15.9. The maximum atomic E-state index is 13.5. The van der Waals surface area contributed by atoms with Crippen LogP contribution in [0.15, 0.2) is 83.3 Å². The van der Waals surface area contributed by atoms with Crippen LogP contribution in [0, 0.1) is 6.92 Å². The highest BCUT2D eigenvalue weighted by molar-refractivity contribution is 5.80. The Bertz CT molecular complexity index is 1780. The molecule has 0 spiro atoms. The number of hydrogen-bond donors (Lipinski definition) is 4. The summed E-state index contributed by atoms with van der Waals surface area (Å²) in [5, 5.41) is 39.7. The average molecular weight is 707 g/mol. The van der Waals surface area contributed by atoms with Crippen molar-refractivity contribution in [2.45, 2.75) is 57.0 Å². The van der Waals surface area contributed by atoms with Crippen LogP contribution >= 0.6 is 0 Å². The Morgan fingerprint density at radius 2 is 1.53 bits per heavy atom. The molecular weight excluding hydrogens is 668 g/mol. The van der Waals surface area contributed by atoms with E-state index in [0.29, 0.717) is 41.7 Å². The van der Waals surface area contributed by atoms with Gasteiger partial charge in [0.15, 0.2) is 6.10 Å². The summed E-state index contributed by atoms with van der Waals surface area (Å²) in [5.41, 5.74) is 2.23. The first kappa shape index (κ1) is 36.8. The van der Waals surface area contributed by atoms with Gasteiger partial charge in [0.1, 0.15) is 47.9 Å². The molecule has 5 rings (SSSR count). The molecule has 0 bridgehead atoms. The van der Waals surface area contributed by atoms with E-state index < -0.39 is 61.3 Å². The summed E-state index contributed by atoms with van der Waals surface area (Å²) < 4.78 is 32.6. The number of esters is 1. The number of ether oxygens (including phenoxy) is 5. The molecule has 15 nitrogen and oxygen atoms in total. The van der Waals surface area contributed by atoms with Gasteiger partial charge >= 0.3 is 18.0 Å². The van der Waals surface area contributed by atoms with Gasteiger partial charge in [0, 0.05) is 12.0 Å². The van der Waals surface area contributed by atoms with E-state index in [-0.39, 0.29) is 5.75 Å². The molecule has 0 aliphatic carbocycles. The van der Waals surface area contributed by atoms with Crippen molar-refractivity contribution in [2.24, 2.45) is 0 Å². The van der Waals surface area contributed by atoms with Crippen molar-refractivity contribution in [1.82, 2.24) is 9.88 Å². The van der Waals surface area contributed by atoms with Crippen LogP contribution in [0.3, 0.4) is 0 Å². The lowest BCUT2D eigenvalue weighted by Gasteiger charge is -2.38. The Morgan fingerprint density at radius 3 is 2.18 bits per heavy atom. The van der Waals surface area contributed by atoms with Gasteiger partial charge in [-0.3, -0.25) is 9.69 Å². The highest BCUT2D eigenvalue weighted by Crippen LogP contribution is 2.28. The fraction of sp³-hybridized carbons (Fsp3) is 0.333. The molecule has 0 saturated carbocycles. The quantitative estimate of drug-likeness (QED) is 0.147. The van der Waals surface area contributed by atoms with Gasteiger partial charge in [-0.2, -0.15) is 0 Å². The van der Waals surface area contributed by atoms with E-state index in [2.05, 4.69) is 4.98 Å². The van der Waals surface area contributed by atoms with E-state index in [9.17, 15) is 34.8 Å². The predicted molar refractivity (Wildman–Crippen MR) is 177 cm³/mol. The summed E-state index contributed by atoms with van der Waals surface area (Å²) in [7, 11) is 1.48. The van der Waals surface area contributed by atoms with Crippen molar-refractivity contribution in [3.05, 3.63) is 95.9 Å². The zero-order chi connectivity index (χ0) is 36.7. The minimum absolute atomic E-state index is 0.154. The Labute approximate surface area is 292 Å². The maximum Gasteiger partial charge on any atom is 0.416 e. The number of aliphatic hydroxyl groups excluding tert-OH is 3. The Morgan fingerprint density at radius 1 is 0.882 bits per heavy atom. The van der Waals surface area contributed by atoms with Crippen molar-refractivity contribution >= 4 is 18.0 Å². The smallest absolute Gasteiger partial charge is 0.416 e. The normalized spacial score (nSPS) is 20.5. The first-order valence-corrected chi connectivity index (χ1v) is 15.9. The number of aryl methyl sites for hydroxylation is 1. The summed E-state index contributed by atoms with van der Waals surface area (Å²) in [6.45, 7) is 3.06. The number of carbonyl (C=O) groups excluding carboxylic acids is 2. The molecule has 1 fully saturated rings. The van der Waals surface area contributed by atoms with Crippen molar-refractivity contribution in [1.29, 1.82) is 0 Å². The van der Waals surface area contributed by atoms with E-state index >= 15 is 0 Å². The topological polar surface area (TPSA) is 208 Å². The molecule has 270 valence electrons. The second-order valence-corrected chi connectivity index (χ2v) is 11.6. The summed E-state index contributed by atoms with van der Waals surface area (Å²) in [6.07, 6.45) is -10.3. The van der Waals surface area contributed by atoms with E-state index in [4.69, 9.17) is 28.1 Å². The molecule has 1 aromatic heterocycles. The fourth-order valence-electron chi connectivity index (χ4n) is 5.27. The van der Waals surface area contributed by atoms with Crippen molar-refractivity contribution in [3.8, 4) is 28.7 Å². The minimum Gasteiger partial charge on any atom is -0.497 e. The Hall–Kier alpha value is -5.48. The average Bonchev–Trinajstić information content (AvgIpc) is 3.51. The van der Waals surface area contributed by atoms with Crippen molar-refractivity contribution < 1.29 is 62.9 Å². The van der Waals surface area contributed by atoms with Crippen LogP contribution in [0.25, 0.3) is 11.5 Å². The zero-order valence-electron chi connectivity index (χ0n) is 27.9. The second-order valence-electron chi connectivity index (χ2n) is 11.6. The number of hydrogen-bond acceptors (Lipinski definition) is 13. The molecule has 2 heterocycles. The van der Waals surface area contributed by atoms with Gasteiger partial charge in [-0.15, -0.1) is 0 Å². The molecule has 0 unspecified atom stereocenters. The van der Waals surface area contributed by atoms with Gasteiger partial charge in [-0.1, -0.05) is 30.3 Å². The number of benzene rings is 3. The van der Waals surface area contributed by atoms with Gasteiger partial charge in [0.05, 0.1) is 25.5 Å². The Balaban J connectivity index is 1.26. The van der Waals surface area contributed by atoms with Crippen molar-refractivity contribution in [3.63, 3.8) is 0 Å². The molecule has 51 heavy (non-hydrogen) atoms. The molecule has 15 heteroatoms. The molecule has 4 aromatic rings. The fourth-order valence-corrected chi connectivity index (χ4v) is 5.27. The van der Waals surface area contributed by atoms with Crippen LogP contribution in [-0.4, -0.2) is 99.3 Å². The van der Waals surface area contributed by atoms with E-state index in [1.54, 1.807) is 43.3 Å². The number of aromatic nitrogens is 1. The number of methoxy groups -OCH3 is 1. The number of aliphatic hydroxyl groups is 3. The minimum atomic E-state index is -1.99. The molecule has 1 aliphatic rings. The highest BCUT2D eigenvalue weighted by atomic mass is 16.7. The zero-order valence-corrected chi connectivity index (χ0v) is 27.9. The maximum absolute atomic E-state index is 13.5. The molecule has 3 aromatic carbocycles. The number of aliphatic carboxylic acids is 1. The number of nitrogens with zero attached hydrogens (tertiary/aromatic N) is 2. The van der Waals surface area contributed by atoms with Gasteiger partial charge in [0.2, 0.25) is 12.2 Å². The molecular formula is C36H38N2O13. The summed E-state index contributed by atoms with van der Waals surface area (Å²) in [5.74, 6) is -0.322. The Kier molecular flexibility index (Phi) is 11.9. The summed E-state index contributed by atoms with van der Waals surface area (Å²) >= 11 is 0. The van der Waals surface area contributed by atoms with E-state index in [1.807, 2.05) is 37.3 Å². The van der Waals surface area contributed by atoms with E-state index in [1.165, 1.54) is 19.2 Å². The van der Waals surface area contributed by atoms with Crippen LogP contribution in [0.5, 0.6) is 17.2 Å². The largest absolute Gasteiger partial charge is 0.497 e. The standard InChI is InChI=1S/C36H38N2O13/c1-20(22-9-11-25(12-10-22)47-18-17-27-21(2)48-33(37-27)23-7-5-4-6-8-23)38(36(45)49-26-15-13-24(46-3)14-16-26)19-28(39)50-35-31(42)29(40)30(41)32(51-35)34(43)44/h4-16,20,29-32,35,40-42H,17-19H2,1-3H3,(H,43,44)/t20-,29-,30-,31+,32-,35+/m0/s1. The van der Waals surface area contributed by atoms with Gasteiger partial charge in [-0.25, -0.2) is 14.6 Å². The third-order valence-corrected chi connectivity index (χ3v) is 8.21. The molecule has 0 radical (unpaired) electrons. The molecule has 1 aliphatic heterocycles. The molecule has 6 atom stereocenters. The van der Waals surface area contributed by atoms with Gasteiger partial charge in [-0.05, 0) is 67.9 Å². The summed E-state index contributed by atoms with van der Waals surface area (Å²) in [4.78, 5) is 43.7. The van der Waals surface area contributed by atoms with Gasteiger partial charge < -0.3 is 48.5 Å². The lowest BCUT2D eigenvalue weighted by atomic mass is 9.99. The lowest BCUT2D eigenvalue weighted by molar-refractivity contribution is -0.286. The summed E-state index contributed by atoms with van der Waals surface area (Å²) in [6, 6.07) is 21.7. The number of carboxylic acids is 1. The third-order valence-electron chi connectivity index (χ3n) is 8.21. The molecule has 4 N–H and O–H groups in total. The number of oxazole rings is 1. The number of rotatable bonds is 13. The van der Waals surface area contributed by atoms with Crippen molar-refractivity contribution in [2.75, 3.05) is 20.3 Å². The SMILES string of the molecule is COc1ccc(OC(=O)N(CC(=O)O[C@@H]2O[C@H](C(=O)O)[C@@H](O)[C@H](O)[C@H]2O)[C@@H](C)c2ccc(OCCc3nc(-c4ccccc4)oc3C)cc2)cc1. The van der Waals surface area contributed by atoms with Crippen LogP contribution in [0.4, 0.5) is 4.79 Å². The predicted octanol–water partition coefficient (Wildman–Crippen LogP) is 3.28. The van der Waals surface area contributed by atoms with Crippen LogP contribution in [-0.2, 0) is 25.5 Å². The lowest BCUT2D eigenvalue weighted by Crippen LogP contribution is -2.60. The van der Waals surface area contributed by atoms with Crippen LogP contribution < -0.4 is 14.2 Å². The molecule has 1 amide bonds. The number of amides is 1. The second kappa shape index (κ2) is 16.5. The van der Waals surface area contributed by atoms with Crippen LogP contribution in [0.2, 0.25) is 0 Å². The van der Waals surface area contributed by atoms with Gasteiger partial charge in [0.25, 0.3) is 0 Å². The third kappa shape index (κ3) is 9.01.